The molecule has 0 bridgehead atoms. The number of nitrogens with zero attached hydrogens (tertiary/aromatic N) is 1. The minimum absolute atomic E-state index is 0.0969. The second-order valence-electron chi connectivity index (χ2n) is 5.04. The van der Waals surface area contributed by atoms with Crippen LogP contribution in [0.4, 0.5) is 5.69 Å². The summed E-state index contributed by atoms with van der Waals surface area (Å²) in [6, 6.07) is 3.26. The van der Waals surface area contributed by atoms with Crippen LogP contribution in [0, 0.1) is 6.92 Å². The van der Waals surface area contributed by atoms with Gasteiger partial charge < -0.3 is 10.5 Å². The number of hydrogen-bond donors (Lipinski definition) is 1. The summed E-state index contributed by atoms with van der Waals surface area (Å²) in [5.74, 6) is 0. The van der Waals surface area contributed by atoms with Crippen LogP contribution in [0.25, 0.3) is 0 Å². The Morgan fingerprint density at radius 1 is 1.45 bits per heavy atom. The molecule has 1 unspecified atom stereocenters. The van der Waals surface area contributed by atoms with E-state index in [1.165, 1.54) is 10.4 Å². The van der Waals surface area contributed by atoms with Crippen molar-refractivity contribution in [3.63, 3.8) is 0 Å². The number of rotatable bonds is 2. The van der Waals surface area contributed by atoms with E-state index >= 15 is 0 Å². The summed E-state index contributed by atoms with van der Waals surface area (Å²) < 4.78 is 33.2. The zero-order valence-electron chi connectivity index (χ0n) is 11.6. The highest BCUT2D eigenvalue weighted by Gasteiger charge is 2.29. The van der Waals surface area contributed by atoms with Crippen LogP contribution in [0.5, 0.6) is 0 Å². The van der Waals surface area contributed by atoms with E-state index in [0.717, 1.165) is 0 Å². The number of hydrogen-bond acceptors (Lipinski definition) is 4. The maximum absolute atomic E-state index is 12.8. The van der Waals surface area contributed by atoms with E-state index < -0.39 is 10.0 Å². The molecule has 0 radical (unpaired) electrons. The molecule has 2 N–H and O–H groups in total. The highest BCUT2D eigenvalue weighted by molar-refractivity contribution is 9.10. The Labute approximate surface area is 128 Å². The Morgan fingerprint density at radius 3 is 2.85 bits per heavy atom. The van der Waals surface area contributed by atoms with Gasteiger partial charge in [0, 0.05) is 29.9 Å². The SMILES string of the molecule is Cc1cc(Br)c(N)cc1S(=O)(=O)N1CCCOC(C)C1. The van der Waals surface area contributed by atoms with E-state index in [1.54, 1.807) is 13.0 Å². The summed E-state index contributed by atoms with van der Waals surface area (Å²) in [5.41, 5.74) is 6.93. The molecule has 1 aromatic carbocycles. The highest BCUT2D eigenvalue weighted by Crippen LogP contribution is 2.29. The summed E-state index contributed by atoms with van der Waals surface area (Å²) in [4.78, 5) is 0.271. The molecule has 1 atom stereocenters. The first-order chi connectivity index (χ1) is 9.32. The molecule has 1 aliphatic rings. The lowest BCUT2D eigenvalue weighted by Crippen LogP contribution is -2.36. The molecule has 1 saturated heterocycles. The van der Waals surface area contributed by atoms with E-state index in [-0.39, 0.29) is 11.0 Å². The molecular formula is C13H19BrN2O3S. The van der Waals surface area contributed by atoms with Crippen molar-refractivity contribution in [2.24, 2.45) is 0 Å². The molecule has 1 aromatic rings. The lowest BCUT2D eigenvalue weighted by Gasteiger charge is -2.23. The number of nitrogens with two attached hydrogens (primary N) is 1. The lowest BCUT2D eigenvalue weighted by molar-refractivity contribution is 0.0752. The molecule has 2 rings (SSSR count). The quantitative estimate of drug-likeness (QED) is 0.818. The molecule has 7 heteroatoms. The van der Waals surface area contributed by atoms with Crippen molar-refractivity contribution in [3.8, 4) is 0 Å². The monoisotopic (exact) mass is 362 g/mol. The van der Waals surface area contributed by atoms with Gasteiger partial charge in [-0.1, -0.05) is 0 Å². The van der Waals surface area contributed by atoms with Crippen LogP contribution in [0.15, 0.2) is 21.5 Å². The normalized spacial score (nSPS) is 21.6. The molecule has 112 valence electrons. The molecule has 0 aromatic heterocycles. The molecule has 5 nitrogen and oxygen atoms in total. The van der Waals surface area contributed by atoms with Gasteiger partial charge in [0.15, 0.2) is 0 Å². The minimum atomic E-state index is -3.54. The Bertz CT molecular complexity index is 604. The van der Waals surface area contributed by atoms with Gasteiger partial charge >= 0.3 is 0 Å². The van der Waals surface area contributed by atoms with Gasteiger partial charge in [-0.2, -0.15) is 4.31 Å². The fourth-order valence-corrected chi connectivity index (χ4v) is 4.51. The molecule has 1 heterocycles. The third kappa shape index (κ3) is 3.16. The van der Waals surface area contributed by atoms with Gasteiger partial charge in [-0.05, 0) is 53.9 Å². The summed E-state index contributed by atoms with van der Waals surface area (Å²) in [7, 11) is -3.54. The highest BCUT2D eigenvalue weighted by atomic mass is 79.9. The average molecular weight is 363 g/mol. The van der Waals surface area contributed by atoms with Crippen molar-refractivity contribution >= 4 is 31.6 Å². The van der Waals surface area contributed by atoms with Crippen molar-refractivity contribution in [1.29, 1.82) is 0 Å². The number of sulfonamides is 1. The largest absolute Gasteiger partial charge is 0.398 e. The molecule has 0 amide bonds. The van der Waals surface area contributed by atoms with Crippen LogP contribution < -0.4 is 5.73 Å². The van der Waals surface area contributed by atoms with Gasteiger partial charge in [-0.15, -0.1) is 0 Å². The molecule has 1 fully saturated rings. The molecule has 20 heavy (non-hydrogen) atoms. The number of anilines is 1. The van der Waals surface area contributed by atoms with E-state index in [9.17, 15) is 8.42 Å². The van der Waals surface area contributed by atoms with Gasteiger partial charge in [0.2, 0.25) is 10.0 Å². The lowest BCUT2D eigenvalue weighted by atomic mass is 10.2. The standard InChI is InChI=1S/C13H19BrN2O3S/c1-9-6-11(14)12(15)7-13(9)20(17,18)16-4-3-5-19-10(2)8-16/h6-7,10H,3-5,8,15H2,1-2H3. The number of nitrogen functional groups attached to an aromatic ring is 1. The van der Waals surface area contributed by atoms with Crippen LogP contribution in [0.2, 0.25) is 0 Å². The molecule has 1 aliphatic heterocycles. The van der Waals surface area contributed by atoms with Crippen molar-refractivity contribution in [1.82, 2.24) is 4.31 Å². The predicted molar refractivity (Wildman–Crippen MR) is 82.1 cm³/mol. The molecule has 0 spiro atoms. The van der Waals surface area contributed by atoms with E-state index in [4.69, 9.17) is 10.5 Å². The summed E-state index contributed by atoms with van der Waals surface area (Å²) in [6.45, 7) is 5.10. The van der Waals surface area contributed by atoms with Crippen LogP contribution in [0.3, 0.4) is 0 Å². The zero-order valence-corrected chi connectivity index (χ0v) is 14.0. The predicted octanol–water partition coefficient (Wildman–Crippen LogP) is 2.14. The van der Waals surface area contributed by atoms with Crippen molar-refractivity contribution in [2.75, 3.05) is 25.4 Å². The van der Waals surface area contributed by atoms with Crippen LogP contribution >= 0.6 is 15.9 Å². The van der Waals surface area contributed by atoms with Gasteiger partial charge in [-0.3, -0.25) is 0 Å². The van der Waals surface area contributed by atoms with Gasteiger partial charge in [0.05, 0.1) is 11.0 Å². The Kier molecular flexibility index (Phi) is 4.73. The van der Waals surface area contributed by atoms with E-state index in [2.05, 4.69) is 15.9 Å². The third-order valence-corrected chi connectivity index (χ3v) is 6.02. The number of benzene rings is 1. The maximum atomic E-state index is 12.8. The fourth-order valence-electron chi connectivity index (χ4n) is 2.26. The first-order valence-electron chi connectivity index (χ1n) is 6.49. The Balaban J connectivity index is 2.41. The summed E-state index contributed by atoms with van der Waals surface area (Å²) >= 11 is 3.31. The second-order valence-corrected chi connectivity index (χ2v) is 7.80. The molecule has 0 saturated carbocycles. The smallest absolute Gasteiger partial charge is 0.243 e. The van der Waals surface area contributed by atoms with Crippen molar-refractivity contribution < 1.29 is 13.2 Å². The number of ether oxygens (including phenoxy) is 1. The maximum Gasteiger partial charge on any atom is 0.243 e. The van der Waals surface area contributed by atoms with E-state index in [0.29, 0.717) is 41.8 Å². The third-order valence-electron chi connectivity index (χ3n) is 3.33. The summed E-state index contributed by atoms with van der Waals surface area (Å²) in [6.07, 6.45) is 0.606. The minimum Gasteiger partial charge on any atom is -0.398 e. The summed E-state index contributed by atoms with van der Waals surface area (Å²) in [5, 5.41) is 0. The van der Waals surface area contributed by atoms with Crippen LogP contribution in [-0.2, 0) is 14.8 Å². The zero-order chi connectivity index (χ0) is 14.9. The topological polar surface area (TPSA) is 72.6 Å². The van der Waals surface area contributed by atoms with E-state index in [1.807, 2.05) is 6.92 Å². The molecular weight excluding hydrogens is 344 g/mol. The first-order valence-corrected chi connectivity index (χ1v) is 8.73. The first kappa shape index (κ1) is 15.8. The van der Waals surface area contributed by atoms with Gasteiger partial charge in [-0.25, -0.2) is 8.42 Å². The van der Waals surface area contributed by atoms with Crippen LogP contribution in [-0.4, -0.2) is 38.5 Å². The Morgan fingerprint density at radius 2 is 2.15 bits per heavy atom. The van der Waals surface area contributed by atoms with Crippen molar-refractivity contribution in [2.45, 2.75) is 31.3 Å². The number of halogens is 1. The second kappa shape index (κ2) is 6.01. The van der Waals surface area contributed by atoms with Gasteiger partial charge in [0.25, 0.3) is 0 Å². The average Bonchev–Trinajstić information content (AvgIpc) is 2.58. The van der Waals surface area contributed by atoms with Crippen molar-refractivity contribution in [3.05, 3.63) is 22.2 Å². The fraction of sp³-hybridized carbons (Fsp3) is 0.538. The molecule has 0 aliphatic carbocycles. The van der Waals surface area contributed by atoms with Crippen LogP contribution in [0.1, 0.15) is 18.9 Å². The number of aryl methyl sites for hydroxylation is 1. The van der Waals surface area contributed by atoms with Gasteiger partial charge in [0.1, 0.15) is 0 Å². The Hall–Kier alpha value is -0.630.